The van der Waals surface area contributed by atoms with Gasteiger partial charge in [-0.25, -0.2) is 13.1 Å². The summed E-state index contributed by atoms with van der Waals surface area (Å²) in [6.07, 6.45) is 10.9. The minimum atomic E-state index is -3.34. The van der Waals surface area contributed by atoms with Crippen molar-refractivity contribution in [2.24, 2.45) is 5.41 Å². The summed E-state index contributed by atoms with van der Waals surface area (Å²) in [4.78, 5) is 14.4. The predicted octanol–water partition coefficient (Wildman–Crippen LogP) is 1.89. The minimum absolute atomic E-state index is 0.0799. The maximum Gasteiger partial charge on any atom is 0.240 e. The van der Waals surface area contributed by atoms with E-state index in [1.807, 2.05) is 4.90 Å². The van der Waals surface area contributed by atoms with E-state index >= 15 is 0 Å². The van der Waals surface area contributed by atoms with Crippen molar-refractivity contribution < 1.29 is 13.2 Å². The number of piperidine rings is 1. The van der Waals surface area contributed by atoms with Gasteiger partial charge in [-0.2, -0.15) is 0 Å². The molecule has 122 valence electrons. The first-order valence-corrected chi connectivity index (χ1v) is 9.97. The van der Waals surface area contributed by atoms with Crippen molar-refractivity contribution in [2.45, 2.75) is 64.3 Å². The second-order valence-electron chi connectivity index (χ2n) is 6.89. The standard InChI is InChI=1S/C15H28N2O3S/c1-13(16-21(2,19)20)14(18)17-11-7-10-15(12-17)8-5-3-4-6-9-15/h13,16H,3-12H2,1-2H3/t13-/m0/s1. The van der Waals surface area contributed by atoms with Crippen LogP contribution >= 0.6 is 0 Å². The smallest absolute Gasteiger partial charge is 0.240 e. The lowest BCUT2D eigenvalue weighted by Crippen LogP contribution is -2.52. The molecule has 1 saturated carbocycles. The number of nitrogens with zero attached hydrogens (tertiary/aromatic N) is 1. The largest absolute Gasteiger partial charge is 0.341 e. The van der Waals surface area contributed by atoms with Gasteiger partial charge in [-0.3, -0.25) is 4.79 Å². The van der Waals surface area contributed by atoms with Crippen LogP contribution in [0.2, 0.25) is 0 Å². The summed E-state index contributed by atoms with van der Waals surface area (Å²) in [6, 6.07) is -0.666. The summed E-state index contributed by atoms with van der Waals surface area (Å²) in [6.45, 7) is 3.20. The van der Waals surface area contributed by atoms with E-state index in [-0.39, 0.29) is 11.3 Å². The topological polar surface area (TPSA) is 66.5 Å². The molecule has 2 aliphatic rings. The third-order valence-corrected chi connectivity index (χ3v) is 5.68. The fraction of sp³-hybridized carbons (Fsp3) is 0.933. The van der Waals surface area contributed by atoms with Crippen LogP contribution in [-0.2, 0) is 14.8 Å². The Morgan fingerprint density at radius 1 is 1.10 bits per heavy atom. The zero-order chi connectivity index (χ0) is 15.5. The van der Waals surface area contributed by atoms with Crippen molar-refractivity contribution in [3.63, 3.8) is 0 Å². The molecule has 0 radical (unpaired) electrons. The average molecular weight is 316 g/mol. The number of carbonyl (C=O) groups is 1. The number of nitrogens with one attached hydrogen (secondary N) is 1. The summed E-state index contributed by atoms with van der Waals surface area (Å²) in [5, 5.41) is 0. The van der Waals surface area contributed by atoms with E-state index in [9.17, 15) is 13.2 Å². The Kier molecular flexibility index (Phi) is 5.30. The molecule has 0 aromatic carbocycles. The molecular weight excluding hydrogens is 288 g/mol. The van der Waals surface area contributed by atoms with Crippen molar-refractivity contribution in [3.05, 3.63) is 0 Å². The lowest BCUT2D eigenvalue weighted by Gasteiger charge is -2.43. The number of rotatable bonds is 3. The lowest BCUT2D eigenvalue weighted by molar-refractivity contribution is -0.136. The number of sulfonamides is 1. The summed E-state index contributed by atoms with van der Waals surface area (Å²) >= 11 is 0. The van der Waals surface area contributed by atoms with Gasteiger partial charge in [0.05, 0.1) is 12.3 Å². The fourth-order valence-electron chi connectivity index (χ4n) is 3.93. The van der Waals surface area contributed by atoms with Gasteiger partial charge in [-0.1, -0.05) is 25.7 Å². The minimum Gasteiger partial charge on any atom is -0.341 e. The number of hydrogen-bond acceptors (Lipinski definition) is 3. The molecule has 1 atom stereocenters. The monoisotopic (exact) mass is 316 g/mol. The van der Waals surface area contributed by atoms with E-state index in [0.717, 1.165) is 25.8 Å². The average Bonchev–Trinajstić information content (AvgIpc) is 2.62. The van der Waals surface area contributed by atoms with Gasteiger partial charge in [0.25, 0.3) is 0 Å². The van der Waals surface area contributed by atoms with Gasteiger partial charge in [0, 0.05) is 13.1 Å². The van der Waals surface area contributed by atoms with E-state index in [4.69, 9.17) is 0 Å². The first-order valence-electron chi connectivity index (χ1n) is 8.07. The van der Waals surface area contributed by atoms with E-state index in [1.165, 1.54) is 44.9 Å². The van der Waals surface area contributed by atoms with Crippen molar-refractivity contribution in [2.75, 3.05) is 19.3 Å². The van der Waals surface area contributed by atoms with Gasteiger partial charge in [-0.15, -0.1) is 0 Å². The molecule has 1 saturated heterocycles. The third-order valence-electron chi connectivity index (χ3n) is 4.90. The SMILES string of the molecule is C[C@H](NS(C)(=O)=O)C(=O)N1CCCC2(CCCCCC2)C1. The van der Waals surface area contributed by atoms with Crippen LogP contribution in [0, 0.1) is 5.41 Å². The van der Waals surface area contributed by atoms with E-state index in [1.54, 1.807) is 6.92 Å². The first-order chi connectivity index (χ1) is 9.81. The first kappa shape index (κ1) is 16.7. The van der Waals surface area contributed by atoms with Crippen molar-refractivity contribution in [1.29, 1.82) is 0 Å². The fourth-order valence-corrected chi connectivity index (χ4v) is 4.67. The maximum atomic E-state index is 12.5. The third kappa shape index (κ3) is 4.68. The van der Waals surface area contributed by atoms with Crippen molar-refractivity contribution >= 4 is 15.9 Å². The number of likely N-dealkylation sites (tertiary alicyclic amines) is 1. The summed E-state index contributed by atoms with van der Waals surface area (Å²) < 4.78 is 25.0. The second-order valence-corrected chi connectivity index (χ2v) is 8.67. The van der Waals surface area contributed by atoms with Gasteiger partial charge >= 0.3 is 0 Å². The highest BCUT2D eigenvalue weighted by atomic mass is 32.2. The summed E-state index contributed by atoms with van der Waals surface area (Å²) in [5.74, 6) is -0.0799. The van der Waals surface area contributed by atoms with Crippen LogP contribution in [0.4, 0.5) is 0 Å². The molecule has 1 aliphatic carbocycles. The second kappa shape index (κ2) is 6.65. The Morgan fingerprint density at radius 2 is 1.67 bits per heavy atom. The molecule has 0 unspecified atom stereocenters. The highest BCUT2D eigenvalue weighted by molar-refractivity contribution is 7.88. The molecule has 1 amide bonds. The molecule has 2 rings (SSSR count). The van der Waals surface area contributed by atoms with Crippen LogP contribution in [0.1, 0.15) is 58.3 Å². The number of hydrogen-bond donors (Lipinski definition) is 1. The summed E-state index contributed by atoms with van der Waals surface area (Å²) in [5.41, 5.74) is 0.287. The van der Waals surface area contributed by atoms with Crippen LogP contribution in [0.25, 0.3) is 0 Å². The quantitative estimate of drug-likeness (QED) is 0.864. The van der Waals surface area contributed by atoms with Crippen LogP contribution < -0.4 is 4.72 Å². The van der Waals surface area contributed by atoms with Crippen LogP contribution in [-0.4, -0.2) is 44.6 Å². The Hall–Kier alpha value is -0.620. The molecule has 0 aromatic heterocycles. The Morgan fingerprint density at radius 3 is 2.24 bits per heavy atom. The Bertz CT molecular complexity index is 467. The predicted molar refractivity (Wildman–Crippen MR) is 83.4 cm³/mol. The number of carbonyl (C=O) groups excluding carboxylic acids is 1. The lowest BCUT2D eigenvalue weighted by atomic mass is 9.74. The molecule has 1 N–H and O–H groups in total. The zero-order valence-electron chi connectivity index (χ0n) is 13.2. The van der Waals surface area contributed by atoms with Gasteiger partial charge in [0.15, 0.2) is 0 Å². The molecule has 1 heterocycles. The van der Waals surface area contributed by atoms with Gasteiger partial charge in [0.1, 0.15) is 0 Å². The molecule has 1 spiro atoms. The molecular formula is C15H28N2O3S. The van der Waals surface area contributed by atoms with Gasteiger partial charge in [0.2, 0.25) is 15.9 Å². The van der Waals surface area contributed by atoms with Crippen LogP contribution in [0.5, 0.6) is 0 Å². The molecule has 0 aromatic rings. The maximum absolute atomic E-state index is 12.5. The molecule has 0 bridgehead atoms. The highest BCUT2D eigenvalue weighted by Crippen LogP contribution is 2.42. The zero-order valence-corrected chi connectivity index (χ0v) is 14.0. The Labute approximate surface area is 128 Å². The summed E-state index contributed by atoms with van der Waals surface area (Å²) in [7, 11) is -3.34. The van der Waals surface area contributed by atoms with Crippen LogP contribution in [0.15, 0.2) is 0 Å². The van der Waals surface area contributed by atoms with Gasteiger partial charge < -0.3 is 4.90 Å². The highest BCUT2D eigenvalue weighted by Gasteiger charge is 2.38. The van der Waals surface area contributed by atoms with Crippen molar-refractivity contribution in [1.82, 2.24) is 9.62 Å². The molecule has 1 aliphatic heterocycles. The van der Waals surface area contributed by atoms with E-state index in [2.05, 4.69) is 4.72 Å². The van der Waals surface area contributed by atoms with Gasteiger partial charge in [-0.05, 0) is 38.0 Å². The van der Waals surface area contributed by atoms with E-state index < -0.39 is 16.1 Å². The number of amides is 1. The van der Waals surface area contributed by atoms with Crippen molar-refractivity contribution in [3.8, 4) is 0 Å². The van der Waals surface area contributed by atoms with E-state index in [0.29, 0.717) is 0 Å². The molecule has 5 nitrogen and oxygen atoms in total. The molecule has 6 heteroatoms. The van der Waals surface area contributed by atoms with Crippen LogP contribution in [0.3, 0.4) is 0 Å². The Balaban J connectivity index is 2.01. The normalized spacial score (nSPS) is 24.6. The molecule has 21 heavy (non-hydrogen) atoms. The molecule has 2 fully saturated rings.